The lowest BCUT2D eigenvalue weighted by molar-refractivity contribution is -0.140. The predicted octanol–water partition coefficient (Wildman–Crippen LogP) is 0.0100. The molecule has 1 aromatic rings. The number of nitrogens with one attached hydrogen (secondary N) is 1. The van der Waals surface area contributed by atoms with Crippen LogP contribution in [0.5, 0.6) is 0 Å². The highest BCUT2D eigenvalue weighted by Gasteiger charge is 2.42. The third kappa shape index (κ3) is 3.79. The Morgan fingerprint density at radius 2 is 2.12 bits per heavy atom. The Kier molecular flexibility index (Phi) is 5.53. The number of piperidine rings is 2. The van der Waals surface area contributed by atoms with Crippen LogP contribution in [0.1, 0.15) is 31.4 Å². The topological polar surface area (TPSA) is 92.7 Å². The minimum Gasteiger partial charge on any atom is -0.395 e. The van der Waals surface area contributed by atoms with Gasteiger partial charge in [0.15, 0.2) is 0 Å². The molecule has 1 atom stereocenters. The van der Waals surface area contributed by atoms with E-state index < -0.39 is 0 Å². The number of carbonyl (C=O) groups excluding carboxylic acids is 1. The third-order valence-electron chi connectivity index (χ3n) is 5.58. The minimum absolute atomic E-state index is 0.0188. The van der Waals surface area contributed by atoms with Gasteiger partial charge in [0.25, 0.3) is 0 Å². The molecule has 24 heavy (non-hydrogen) atoms. The van der Waals surface area contributed by atoms with Gasteiger partial charge in [0.05, 0.1) is 25.6 Å². The van der Waals surface area contributed by atoms with Crippen LogP contribution in [0.3, 0.4) is 0 Å². The first-order valence-electron chi connectivity index (χ1n) is 8.86. The molecule has 2 aliphatic rings. The van der Waals surface area contributed by atoms with Crippen molar-refractivity contribution in [3.63, 3.8) is 0 Å². The molecule has 0 radical (unpaired) electrons. The second-order valence-corrected chi connectivity index (χ2v) is 7.24. The number of aromatic nitrogens is 2. The molecule has 1 spiro atoms. The number of H-pyrrole nitrogens is 1. The number of aliphatic hydroxyl groups excluding tert-OH is 2. The number of hydrogen-bond acceptors (Lipinski definition) is 5. The molecule has 3 N–H and O–H groups in total. The summed E-state index contributed by atoms with van der Waals surface area (Å²) in [6.07, 6.45) is 7.94. The molecular formula is C17H28N4O3. The van der Waals surface area contributed by atoms with Crippen LogP contribution in [0.15, 0.2) is 12.5 Å². The second kappa shape index (κ2) is 7.63. The van der Waals surface area contributed by atoms with Crippen molar-refractivity contribution in [2.24, 2.45) is 5.41 Å². The van der Waals surface area contributed by atoms with Crippen molar-refractivity contribution in [3.05, 3.63) is 18.2 Å². The number of nitrogens with zero attached hydrogens (tertiary/aromatic N) is 3. The van der Waals surface area contributed by atoms with Crippen LogP contribution in [0.25, 0.3) is 0 Å². The highest BCUT2D eigenvalue weighted by molar-refractivity contribution is 5.77. The number of rotatable bonds is 6. The van der Waals surface area contributed by atoms with Crippen LogP contribution >= 0.6 is 0 Å². The van der Waals surface area contributed by atoms with E-state index in [1.54, 1.807) is 12.5 Å². The zero-order chi connectivity index (χ0) is 17.0. The maximum atomic E-state index is 12.3. The van der Waals surface area contributed by atoms with Gasteiger partial charge in [-0.05, 0) is 25.8 Å². The van der Waals surface area contributed by atoms with Gasteiger partial charge in [-0.1, -0.05) is 0 Å². The first kappa shape index (κ1) is 17.4. The van der Waals surface area contributed by atoms with E-state index in [2.05, 4.69) is 14.9 Å². The summed E-state index contributed by atoms with van der Waals surface area (Å²) in [6.45, 7) is 3.22. The summed E-state index contributed by atoms with van der Waals surface area (Å²) in [7, 11) is 0. The second-order valence-electron chi connectivity index (χ2n) is 7.24. The number of imidazole rings is 1. The summed E-state index contributed by atoms with van der Waals surface area (Å²) >= 11 is 0. The van der Waals surface area contributed by atoms with E-state index >= 15 is 0 Å². The first-order valence-corrected chi connectivity index (χ1v) is 8.86. The first-order chi connectivity index (χ1) is 11.7. The van der Waals surface area contributed by atoms with Gasteiger partial charge in [-0.2, -0.15) is 0 Å². The Bertz CT molecular complexity index is 532. The Balaban J connectivity index is 1.63. The van der Waals surface area contributed by atoms with Crippen LogP contribution in [-0.2, 0) is 11.2 Å². The predicted molar refractivity (Wildman–Crippen MR) is 89.3 cm³/mol. The molecule has 2 saturated heterocycles. The summed E-state index contributed by atoms with van der Waals surface area (Å²) < 4.78 is 0. The fraction of sp³-hybridized carbons (Fsp3) is 0.765. The summed E-state index contributed by atoms with van der Waals surface area (Å²) in [5.74, 6) is 0.234. The molecule has 3 rings (SSSR count). The van der Waals surface area contributed by atoms with Gasteiger partial charge in [0.2, 0.25) is 5.91 Å². The average Bonchev–Trinajstić information content (AvgIpc) is 3.11. The summed E-state index contributed by atoms with van der Waals surface area (Å²) in [6, 6.07) is -0.182. The van der Waals surface area contributed by atoms with Crippen molar-refractivity contribution in [2.45, 2.75) is 38.1 Å². The molecule has 1 unspecified atom stereocenters. The van der Waals surface area contributed by atoms with Crippen molar-refractivity contribution in [1.29, 1.82) is 0 Å². The van der Waals surface area contributed by atoms with Crippen molar-refractivity contribution in [2.75, 3.05) is 39.4 Å². The van der Waals surface area contributed by atoms with E-state index in [9.17, 15) is 15.0 Å². The minimum atomic E-state index is -0.182. The Labute approximate surface area is 142 Å². The number of aromatic amines is 1. The molecule has 134 valence electrons. The largest absolute Gasteiger partial charge is 0.395 e. The van der Waals surface area contributed by atoms with Crippen LogP contribution in [0, 0.1) is 5.41 Å². The zero-order valence-electron chi connectivity index (χ0n) is 14.2. The monoisotopic (exact) mass is 336 g/mol. The summed E-state index contributed by atoms with van der Waals surface area (Å²) in [4.78, 5) is 23.6. The normalized spacial score (nSPS) is 25.8. The highest BCUT2D eigenvalue weighted by Crippen LogP contribution is 2.39. The SMILES string of the molecule is O=C1CCC2(CCCN(C(CO)CO)C2)CN1CCc1cnc[nH]1. The molecule has 7 nitrogen and oxygen atoms in total. The van der Waals surface area contributed by atoms with Gasteiger partial charge in [0, 0.05) is 49.8 Å². The zero-order valence-corrected chi connectivity index (χ0v) is 14.2. The number of carbonyl (C=O) groups is 1. The molecule has 2 aliphatic heterocycles. The van der Waals surface area contributed by atoms with Gasteiger partial charge in [-0.25, -0.2) is 4.98 Å². The Hall–Kier alpha value is -1.44. The Morgan fingerprint density at radius 3 is 2.83 bits per heavy atom. The standard InChI is InChI=1S/C17H28N4O3/c22-9-15(10-23)20-6-1-4-17(11-20)5-2-16(24)21(12-17)7-3-14-8-18-13-19-14/h8,13,15,22-23H,1-7,9-12H2,(H,18,19). The molecular weight excluding hydrogens is 308 g/mol. The lowest BCUT2D eigenvalue weighted by atomic mass is 9.73. The third-order valence-corrected chi connectivity index (χ3v) is 5.58. The average molecular weight is 336 g/mol. The number of likely N-dealkylation sites (tertiary alicyclic amines) is 2. The van der Waals surface area contributed by atoms with Crippen molar-refractivity contribution in [1.82, 2.24) is 19.8 Å². The molecule has 3 heterocycles. The van der Waals surface area contributed by atoms with E-state index in [-0.39, 0.29) is 30.6 Å². The molecule has 0 saturated carbocycles. The van der Waals surface area contributed by atoms with E-state index in [0.717, 1.165) is 51.0 Å². The van der Waals surface area contributed by atoms with Crippen LogP contribution in [-0.4, -0.2) is 81.3 Å². The van der Waals surface area contributed by atoms with Gasteiger partial charge in [-0.15, -0.1) is 0 Å². The van der Waals surface area contributed by atoms with Gasteiger partial charge in [-0.3, -0.25) is 9.69 Å². The molecule has 2 fully saturated rings. The Morgan fingerprint density at radius 1 is 1.29 bits per heavy atom. The highest BCUT2D eigenvalue weighted by atomic mass is 16.3. The quantitative estimate of drug-likeness (QED) is 0.680. The van der Waals surface area contributed by atoms with E-state index in [1.807, 2.05) is 4.90 Å². The lowest BCUT2D eigenvalue weighted by Gasteiger charge is -2.49. The van der Waals surface area contributed by atoms with Crippen LogP contribution < -0.4 is 0 Å². The van der Waals surface area contributed by atoms with Crippen molar-refractivity contribution < 1.29 is 15.0 Å². The number of hydrogen-bond donors (Lipinski definition) is 3. The van der Waals surface area contributed by atoms with Crippen molar-refractivity contribution >= 4 is 5.91 Å². The molecule has 7 heteroatoms. The van der Waals surface area contributed by atoms with Gasteiger partial charge >= 0.3 is 0 Å². The lowest BCUT2D eigenvalue weighted by Crippen LogP contribution is -2.57. The molecule has 1 aromatic heterocycles. The molecule has 0 aromatic carbocycles. The molecule has 0 bridgehead atoms. The fourth-order valence-corrected chi connectivity index (χ4v) is 4.16. The van der Waals surface area contributed by atoms with E-state index in [4.69, 9.17) is 0 Å². The van der Waals surface area contributed by atoms with Crippen LogP contribution in [0.4, 0.5) is 0 Å². The smallest absolute Gasteiger partial charge is 0.222 e. The number of amides is 1. The van der Waals surface area contributed by atoms with E-state index in [0.29, 0.717) is 13.0 Å². The molecule has 1 amide bonds. The maximum absolute atomic E-state index is 12.3. The number of aliphatic hydroxyl groups is 2. The fourth-order valence-electron chi connectivity index (χ4n) is 4.16. The van der Waals surface area contributed by atoms with Gasteiger partial charge in [0.1, 0.15) is 0 Å². The molecule has 0 aliphatic carbocycles. The van der Waals surface area contributed by atoms with Crippen LogP contribution in [0.2, 0.25) is 0 Å². The maximum Gasteiger partial charge on any atom is 0.222 e. The van der Waals surface area contributed by atoms with Crippen molar-refractivity contribution in [3.8, 4) is 0 Å². The summed E-state index contributed by atoms with van der Waals surface area (Å²) in [5.41, 5.74) is 1.15. The van der Waals surface area contributed by atoms with E-state index in [1.165, 1.54) is 0 Å². The van der Waals surface area contributed by atoms with Gasteiger partial charge < -0.3 is 20.1 Å². The summed E-state index contributed by atoms with van der Waals surface area (Å²) in [5, 5.41) is 18.9.